The number of methoxy groups -OCH3 is 1. The lowest BCUT2D eigenvalue weighted by Gasteiger charge is -2.32. The van der Waals surface area contributed by atoms with Gasteiger partial charge in [0, 0.05) is 23.0 Å². The molecule has 2 aliphatic rings. The highest BCUT2D eigenvalue weighted by Gasteiger charge is 2.55. The maximum absolute atomic E-state index is 13.7. The lowest BCUT2D eigenvalue weighted by atomic mass is 9.82. The SMILES string of the molecule is COc1ccc(CCN2C(=O)C3NNC(c4cc(C)cc(C)c4O)C3C2c2ccc(Cl)cc2)cc1. The zero-order valence-electron chi connectivity index (χ0n) is 20.1. The van der Waals surface area contributed by atoms with Crippen LogP contribution in [0.5, 0.6) is 11.5 Å². The van der Waals surface area contributed by atoms with Crippen LogP contribution < -0.4 is 15.6 Å². The number of halogens is 1. The lowest BCUT2D eigenvalue weighted by molar-refractivity contribution is -0.130. The number of benzene rings is 3. The molecular weight excluding hydrogens is 462 g/mol. The fraction of sp³-hybridized carbons (Fsp3) is 0.321. The summed E-state index contributed by atoms with van der Waals surface area (Å²) in [5.74, 6) is 1.04. The molecular formula is C28H30ClN3O3. The number of phenolic OH excluding ortho intramolecular Hbond substituents is 1. The average molecular weight is 492 g/mol. The van der Waals surface area contributed by atoms with Gasteiger partial charge in [-0.25, -0.2) is 10.9 Å². The summed E-state index contributed by atoms with van der Waals surface area (Å²) in [4.78, 5) is 15.6. The number of nitrogens with zero attached hydrogens (tertiary/aromatic N) is 1. The van der Waals surface area contributed by atoms with Gasteiger partial charge in [0.15, 0.2) is 0 Å². The third kappa shape index (κ3) is 4.38. The predicted molar refractivity (Wildman–Crippen MR) is 136 cm³/mol. The van der Waals surface area contributed by atoms with E-state index in [-0.39, 0.29) is 29.7 Å². The van der Waals surface area contributed by atoms with Gasteiger partial charge < -0.3 is 14.7 Å². The second kappa shape index (κ2) is 9.53. The van der Waals surface area contributed by atoms with Crippen LogP contribution in [0.2, 0.25) is 5.02 Å². The Morgan fingerprint density at radius 1 is 1.00 bits per heavy atom. The number of ether oxygens (including phenoxy) is 1. The highest BCUT2D eigenvalue weighted by Crippen LogP contribution is 2.49. The average Bonchev–Trinajstić information content (AvgIpc) is 3.40. The van der Waals surface area contributed by atoms with Gasteiger partial charge in [0.05, 0.1) is 19.2 Å². The van der Waals surface area contributed by atoms with Gasteiger partial charge in [-0.1, -0.05) is 53.6 Å². The maximum atomic E-state index is 13.7. The molecule has 4 unspecified atom stereocenters. The molecule has 0 saturated carbocycles. The topological polar surface area (TPSA) is 73.8 Å². The van der Waals surface area contributed by atoms with Gasteiger partial charge in [0.25, 0.3) is 0 Å². The highest BCUT2D eigenvalue weighted by atomic mass is 35.5. The number of hydrogen-bond donors (Lipinski definition) is 3. The molecule has 5 rings (SSSR count). The van der Waals surface area contributed by atoms with Gasteiger partial charge in [-0.15, -0.1) is 0 Å². The quantitative estimate of drug-likeness (QED) is 0.469. The molecule has 2 saturated heterocycles. The van der Waals surface area contributed by atoms with Crippen molar-refractivity contribution in [3.63, 3.8) is 0 Å². The van der Waals surface area contributed by atoms with Gasteiger partial charge in [0.2, 0.25) is 5.91 Å². The first-order chi connectivity index (χ1) is 16.9. The molecule has 0 aliphatic carbocycles. The van der Waals surface area contributed by atoms with Crippen LogP contribution in [0, 0.1) is 19.8 Å². The third-order valence-corrected chi connectivity index (χ3v) is 7.49. The van der Waals surface area contributed by atoms with Crippen molar-refractivity contribution < 1.29 is 14.6 Å². The summed E-state index contributed by atoms with van der Waals surface area (Å²) in [5.41, 5.74) is 11.4. The Bertz CT molecular complexity index is 1230. The number of aryl methyl sites for hydroxylation is 2. The molecule has 3 aromatic rings. The largest absolute Gasteiger partial charge is 0.507 e. The minimum Gasteiger partial charge on any atom is -0.507 e. The first kappa shape index (κ1) is 23.7. The molecule has 0 bridgehead atoms. The van der Waals surface area contributed by atoms with Crippen molar-refractivity contribution in [2.45, 2.75) is 38.4 Å². The molecule has 7 heteroatoms. The minimum atomic E-state index is -0.392. The van der Waals surface area contributed by atoms with Crippen LogP contribution in [-0.2, 0) is 11.2 Å². The number of hydrogen-bond acceptors (Lipinski definition) is 5. The minimum absolute atomic E-state index is 0.0577. The number of hydrazine groups is 1. The number of amides is 1. The number of aromatic hydroxyl groups is 1. The van der Waals surface area contributed by atoms with E-state index in [1.54, 1.807) is 7.11 Å². The number of fused-ring (bicyclic) bond motifs is 1. The van der Waals surface area contributed by atoms with Crippen molar-refractivity contribution in [3.05, 3.63) is 93.5 Å². The van der Waals surface area contributed by atoms with Gasteiger partial charge in [-0.05, 0) is 61.2 Å². The summed E-state index contributed by atoms with van der Waals surface area (Å²) in [6.45, 7) is 4.51. The van der Waals surface area contributed by atoms with Gasteiger partial charge in [-0.2, -0.15) is 0 Å². The molecule has 35 heavy (non-hydrogen) atoms. The molecule has 0 aromatic heterocycles. The molecule has 1 amide bonds. The zero-order valence-corrected chi connectivity index (χ0v) is 20.8. The van der Waals surface area contributed by atoms with E-state index in [4.69, 9.17) is 16.3 Å². The molecule has 0 spiro atoms. The van der Waals surface area contributed by atoms with Gasteiger partial charge in [0.1, 0.15) is 17.5 Å². The van der Waals surface area contributed by atoms with E-state index >= 15 is 0 Å². The van der Waals surface area contributed by atoms with Crippen molar-refractivity contribution in [1.82, 2.24) is 15.8 Å². The van der Waals surface area contributed by atoms with Crippen LogP contribution in [-0.4, -0.2) is 35.6 Å². The molecule has 182 valence electrons. The van der Waals surface area contributed by atoms with Crippen LogP contribution in [0.1, 0.15) is 39.9 Å². The van der Waals surface area contributed by atoms with Crippen LogP contribution in [0.25, 0.3) is 0 Å². The smallest absolute Gasteiger partial charge is 0.242 e. The standard InChI is InChI=1S/C28H30ClN3O3/c1-16-14-17(2)27(33)22(15-16)24-23-25(31-30-24)28(34)32(26(23)19-6-8-20(29)9-7-19)13-12-18-4-10-21(35-3)11-5-18/h4-11,14-15,23-26,30-31,33H,12-13H2,1-3H3. The molecule has 2 fully saturated rings. The van der Waals surface area contributed by atoms with Crippen molar-refractivity contribution in [3.8, 4) is 11.5 Å². The fourth-order valence-corrected chi connectivity index (χ4v) is 5.67. The van der Waals surface area contributed by atoms with E-state index in [1.807, 2.05) is 79.4 Å². The lowest BCUT2D eigenvalue weighted by Crippen LogP contribution is -2.42. The van der Waals surface area contributed by atoms with Crippen LogP contribution in [0.4, 0.5) is 0 Å². The second-order valence-electron chi connectivity index (χ2n) is 9.47. The van der Waals surface area contributed by atoms with E-state index in [0.717, 1.165) is 40.0 Å². The number of carbonyl (C=O) groups is 1. The van der Waals surface area contributed by atoms with E-state index in [0.29, 0.717) is 11.6 Å². The summed E-state index contributed by atoms with van der Waals surface area (Å²) in [7, 11) is 1.65. The monoisotopic (exact) mass is 491 g/mol. The molecule has 4 atom stereocenters. The summed E-state index contributed by atoms with van der Waals surface area (Å²) in [5, 5.41) is 11.6. The number of likely N-dealkylation sites (tertiary alicyclic amines) is 1. The van der Waals surface area contributed by atoms with Crippen molar-refractivity contribution >= 4 is 17.5 Å². The summed E-state index contributed by atoms with van der Waals surface area (Å²) >= 11 is 6.19. The van der Waals surface area contributed by atoms with Crippen molar-refractivity contribution in [2.75, 3.05) is 13.7 Å². The Kier molecular flexibility index (Phi) is 6.45. The van der Waals surface area contributed by atoms with E-state index in [1.165, 1.54) is 0 Å². The molecule has 2 heterocycles. The second-order valence-corrected chi connectivity index (χ2v) is 9.90. The van der Waals surface area contributed by atoms with E-state index < -0.39 is 6.04 Å². The zero-order chi connectivity index (χ0) is 24.7. The third-order valence-electron chi connectivity index (χ3n) is 7.23. The summed E-state index contributed by atoms with van der Waals surface area (Å²) < 4.78 is 5.27. The number of carbonyl (C=O) groups excluding carboxylic acids is 1. The maximum Gasteiger partial charge on any atom is 0.242 e. The summed E-state index contributed by atoms with van der Waals surface area (Å²) in [6, 6.07) is 18.9. The highest BCUT2D eigenvalue weighted by molar-refractivity contribution is 6.30. The number of nitrogens with one attached hydrogen (secondary N) is 2. The fourth-order valence-electron chi connectivity index (χ4n) is 5.55. The predicted octanol–water partition coefficient (Wildman–Crippen LogP) is 4.63. The molecule has 3 aromatic carbocycles. The number of phenols is 1. The van der Waals surface area contributed by atoms with E-state index in [9.17, 15) is 9.90 Å². The van der Waals surface area contributed by atoms with Crippen molar-refractivity contribution in [1.29, 1.82) is 0 Å². The Morgan fingerprint density at radius 3 is 2.37 bits per heavy atom. The Morgan fingerprint density at radius 2 is 1.69 bits per heavy atom. The molecule has 0 radical (unpaired) electrons. The summed E-state index contributed by atoms with van der Waals surface area (Å²) in [6.07, 6.45) is 0.728. The van der Waals surface area contributed by atoms with Gasteiger partial charge >= 0.3 is 0 Å². The first-order valence-corrected chi connectivity index (χ1v) is 12.2. The Hall–Kier alpha value is -3.06. The molecule has 2 aliphatic heterocycles. The molecule has 6 nitrogen and oxygen atoms in total. The normalized spacial score (nSPS) is 23.5. The number of rotatable bonds is 6. The van der Waals surface area contributed by atoms with E-state index in [2.05, 4.69) is 10.9 Å². The Balaban J connectivity index is 1.50. The first-order valence-electron chi connectivity index (χ1n) is 11.9. The molecule has 3 N–H and O–H groups in total. The van der Waals surface area contributed by atoms with Crippen LogP contribution >= 0.6 is 11.6 Å². The van der Waals surface area contributed by atoms with Crippen molar-refractivity contribution in [2.24, 2.45) is 5.92 Å². The Labute approximate surface area is 210 Å². The van der Waals surface area contributed by atoms with Crippen LogP contribution in [0.15, 0.2) is 60.7 Å². The van der Waals surface area contributed by atoms with Crippen LogP contribution in [0.3, 0.4) is 0 Å². The van der Waals surface area contributed by atoms with Gasteiger partial charge in [-0.3, -0.25) is 4.79 Å².